The lowest BCUT2D eigenvalue weighted by Gasteiger charge is -2.19. The van der Waals surface area contributed by atoms with Crippen LogP contribution >= 0.6 is 0 Å². The number of carboxylic acid groups (broad SMARTS) is 1. The Labute approximate surface area is 209 Å². The van der Waals surface area contributed by atoms with Crippen molar-refractivity contribution >= 4 is 28.5 Å². The van der Waals surface area contributed by atoms with E-state index in [-0.39, 0.29) is 55.3 Å². The van der Waals surface area contributed by atoms with Gasteiger partial charge in [0.05, 0.1) is 17.6 Å². The van der Waals surface area contributed by atoms with E-state index < -0.39 is 22.8 Å². The summed E-state index contributed by atoms with van der Waals surface area (Å²) in [6.07, 6.45) is 2.98. The quantitative estimate of drug-likeness (QED) is 0.459. The van der Waals surface area contributed by atoms with Crippen molar-refractivity contribution in [2.75, 3.05) is 31.3 Å². The number of halogens is 1. The number of hydrogen-bond donors (Lipinski definition) is 2. The molecule has 1 aliphatic carbocycles. The Bertz CT molecular complexity index is 1500. The third-order valence-electron chi connectivity index (χ3n) is 6.81. The number of hydrogen-bond acceptors (Lipinski definition) is 9. The molecule has 3 aliphatic rings. The molecule has 2 fully saturated rings. The normalized spacial score (nSPS) is 19.7. The average molecular weight is 509 g/mol. The van der Waals surface area contributed by atoms with Crippen molar-refractivity contribution in [1.29, 1.82) is 0 Å². The van der Waals surface area contributed by atoms with Crippen LogP contribution in [0, 0.1) is 11.7 Å². The number of fused-ring (bicyclic) bond motifs is 2. The number of nitrogens with zero attached hydrogens (tertiary/aromatic N) is 4. The highest BCUT2D eigenvalue weighted by molar-refractivity contribution is 5.95. The predicted molar refractivity (Wildman–Crippen MR) is 131 cm³/mol. The Morgan fingerprint density at radius 3 is 2.84 bits per heavy atom. The van der Waals surface area contributed by atoms with Crippen LogP contribution in [0.1, 0.15) is 34.8 Å². The van der Waals surface area contributed by atoms with E-state index in [0.29, 0.717) is 23.8 Å². The number of aromatic nitrogens is 2. The lowest BCUT2D eigenvalue weighted by Crippen LogP contribution is -2.26. The van der Waals surface area contributed by atoms with Crippen LogP contribution in [0.25, 0.3) is 11.0 Å². The van der Waals surface area contributed by atoms with Crippen molar-refractivity contribution in [3.63, 3.8) is 0 Å². The highest BCUT2D eigenvalue weighted by atomic mass is 19.1. The van der Waals surface area contributed by atoms with Crippen LogP contribution in [0.5, 0.6) is 11.5 Å². The van der Waals surface area contributed by atoms with Gasteiger partial charge in [-0.15, -0.1) is 0 Å². The highest BCUT2D eigenvalue weighted by Crippen LogP contribution is 2.37. The molecule has 1 aromatic carbocycles. The smallest absolute Gasteiger partial charge is 0.341 e. The van der Waals surface area contributed by atoms with E-state index in [1.165, 1.54) is 6.20 Å². The van der Waals surface area contributed by atoms with Crippen LogP contribution in [0.4, 0.5) is 10.2 Å². The van der Waals surface area contributed by atoms with Gasteiger partial charge in [0.25, 0.3) is 0 Å². The van der Waals surface area contributed by atoms with Crippen molar-refractivity contribution in [2.45, 2.75) is 25.5 Å². The zero-order valence-corrected chi connectivity index (χ0v) is 19.7. The van der Waals surface area contributed by atoms with Crippen molar-refractivity contribution in [3.05, 3.63) is 57.6 Å². The minimum Gasteiger partial charge on any atom is -0.477 e. The van der Waals surface area contributed by atoms with Gasteiger partial charge in [-0.3, -0.25) is 4.79 Å². The van der Waals surface area contributed by atoms with Gasteiger partial charge in [-0.2, -0.15) is 0 Å². The fraction of sp³-hybridized carbons (Fsp3) is 0.360. The first kappa shape index (κ1) is 23.2. The second-order valence-electron chi connectivity index (χ2n) is 9.34. The summed E-state index contributed by atoms with van der Waals surface area (Å²) in [7, 11) is 0. The van der Waals surface area contributed by atoms with Gasteiger partial charge in [-0.25, -0.2) is 14.2 Å². The van der Waals surface area contributed by atoms with Crippen LogP contribution in [0.15, 0.2) is 40.4 Å². The molecular formula is C25H24FN5O6. The molecule has 0 radical (unpaired) electrons. The Kier molecular flexibility index (Phi) is 5.67. The third kappa shape index (κ3) is 4.22. The third-order valence-corrected chi connectivity index (χ3v) is 6.81. The standard InChI is InChI=1S/C25H24FN5O6/c26-18-6-16-22(32)17(25(33)34)9-31(15-2-3-15)23(16)28-24(18)30-8-14(7-27)19(10-30)29-37-11-13-1-4-20-21(5-13)36-12-35-20/h1,4-6,9,14-15H,2-3,7-8,10-12,27H2,(H,33,34)/b29-19+. The molecule has 4 heterocycles. The molecule has 1 saturated carbocycles. The Hall–Kier alpha value is -4.19. The van der Waals surface area contributed by atoms with Crippen molar-refractivity contribution in [3.8, 4) is 11.5 Å². The van der Waals surface area contributed by atoms with Crippen LogP contribution in [-0.4, -0.2) is 52.8 Å². The van der Waals surface area contributed by atoms with E-state index >= 15 is 4.39 Å². The molecule has 1 atom stereocenters. The largest absolute Gasteiger partial charge is 0.477 e. The van der Waals surface area contributed by atoms with E-state index in [9.17, 15) is 14.7 Å². The van der Waals surface area contributed by atoms with Crippen molar-refractivity contribution in [2.24, 2.45) is 16.8 Å². The Morgan fingerprint density at radius 1 is 1.27 bits per heavy atom. The number of oxime groups is 1. The minimum atomic E-state index is -1.35. The molecule has 1 saturated heterocycles. The molecule has 12 heteroatoms. The van der Waals surface area contributed by atoms with Gasteiger partial charge in [-0.05, 0) is 36.6 Å². The van der Waals surface area contributed by atoms with Crippen LogP contribution in [0.2, 0.25) is 0 Å². The molecule has 0 spiro atoms. The molecule has 0 bridgehead atoms. The van der Waals surface area contributed by atoms with Crippen LogP contribution in [0.3, 0.4) is 0 Å². The summed E-state index contributed by atoms with van der Waals surface area (Å²) in [5.74, 6) is -0.845. The summed E-state index contributed by atoms with van der Waals surface area (Å²) < 4.78 is 27.6. The van der Waals surface area contributed by atoms with Gasteiger partial charge < -0.3 is 34.6 Å². The first-order valence-corrected chi connectivity index (χ1v) is 11.9. The summed E-state index contributed by atoms with van der Waals surface area (Å²) >= 11 is 0. The van der Waals surface area contributed by atoms with Gasteiger partial charge >= 0.3 is 5.97 Å². The van der Waals surface area contributed by atoms with Gasteiger partial charge in [0, 0.05) is 31.2 Å². The maximum Gasteiger partial charge on any atom is 0.341 e. The molecule has 192 valence electrons. The van der Waals surface area contributed by atoms with Crippen LogP contribution in [-0.2, 0) is 11.4 Å². The lowest BCUT2D eigenvalue weighted by molar-refractivity contribution is 0.0694. The van der Waals surface area contributed by atoms with E-state index in [1.54, 1.807) is 9.47 Å². The highest BCUT2D eigenvalue weighted by Gasteiger charge is 2.33. The number of pyridine rings is 2. The van der Waals surface area contributed by atoms with E-state index in [2.05, 4.69) is 10.1 Å². The summed E-state index contributed by atoms with van der Waals surface area (Å²) in [6, 6.07) is 6.60. The topological polar surface area (TPSA) is 141 Å². The van der Waals surface area contributed by atoms with Gasteiger partial charge in [0.2, 0.25) is 12.2 Å². The van der Waals surface area contributed by atoms with E-state index in [1.807, 2.05) is 18.2 Å². The number of carboxylic acids is 1. The fourth-order valence-corrected chi connectivity index (χ4v) is 4.70. The summed E-state index contributed by atoms with van der Waals surface area (Å²) in [4.78, 5) is 36.1. The first-order valence-electron chi connectivity index (χ1n) is 11.9. The number of nitrogens with two attached hydrogens (primary N) is 1. The summed E-state index contributed by atoms with van der Waals surface area (Å²) in [6.45, 7) is 1.30. The molecule has 2 aliphatic heterocycles. The SMILES string of the molecule is NCC1CN(c2nc3c(cc2F)c(=O)c(C(=O)O)cn3C2CC2)C/C1=N\OCc1ccc2c(c1)OCO2. The molecule has 37 heavy (non-hydrogen) atoms. The Morgan fingerprint density at radius 2 is 2.08 bits per heavy atom. The molecule has 6 rings (SSSR count). The lowest BCUT2D eigenvalue weighted by atomic mass is 10.1. The number of ether oxygens (including phenoxy) is 2. The monoisotopic (exact) mass is 509 g/mol. The number of benzene rings is 1. The minimum absolute atomic E-state index is 0.0316. The van der Waals surface area contributed by atoms with Crippen molar-refractivity contribution < 1.29 is 28.6 Å². The second kappa shape index (κ2) is 9.04. The van der Waals surface area contributed by atoms with E-state index in [0.717, 1.165) is 24.5 Å². The first-order chi connectivity index (χ1) is 17.9. The second-order valence-corrected chi connectivity index (χ2v) is 9.34. The number of carbonyl (C=O) groups is 1. The number of aromatic carboxylic acids is 1. The summed E-state index contributed by atoms with van der Waals surface area (Å²) in [5.41, 5.74) is 6.60. The zero-order chi connectivity index (χ0) is 25.7. The van der Waals surface area contributed by atoms with Gasteiger partial charge in [0.1, 0.15) is 17.8 Å². The summed E-state index contributed by atoms with van der Waals surface area (Å²) in [5, 5.41) is 13.7. The average Bonchev–Trinajstić information content (AvgIpc) is 3.47. The molecule has 11 nitrogen and oxygen atoms in total. The molecule has 3 N–H and O–H groups in total. The van der Waals surface area contributed by atoms with Crippen molar-refractivity contribution in [1.82, 2.24) is 9.55 Å². The number of rotatable bonds is 7. The van der Waals surface area contributed by atoms with E-state index in [4.69, 9.17) is 20.0 Å². The molecule has 2 aromatic heterocycles. The fourth-order valence-electron chi connectivity index (χ4n) is 4.70. The van der Waals surface area contributed by atoms with Crippen LogP contribution < -0.4 is 25.5 Å². The Balaban J connectivity index is 1.27. The molecule has 0 amide bonds. The zero-order valence-electron chi connectivity index (χ0n) is 19.7. The number of anilines is 1. The van der Waals surface area contributed by atoms with Gasteiger partial charge in [0.15, 0.2) is 23.1 Å². The maximum absolute atomic E-state index is 15.2. The predicted octanol–water partition coefficient (Wildman–Crippen LogP) is 2.27. The van der Waals surface area contributed by atoms with Gasteiger partial charge in [-0.1, -0.05) is 11.2 Å². The molecular weight excluding hydrogens is 485 g/mol. The maximum atomic E-state index is 15.2. The molecule has 1 unspecified atom stereocenters. The molecule has 3 aromatic rings.